The number of pyridine rings is 1. The number of thiocarbonyl (C=S) groups is 1. The molecule has 1 aromatic carbocycles. The van der Waals surface area contributed by atoms with Gasteiger partial charge in [0, 0.05) is 11.1 Å². The number of nitrogens with zero attached hydrogens (tertiary/aromatic N) is 2. The van der Waals surface area contributed by atoms with Gasteiger partial charge in [-0.3, -0.25) is 0 Å². The lowest BCUT2D eigenvalue weighted by molar-refractivity contribution is 0.0685. The Labute approximate surface area is 136 Å². The van der Waals surface area contributed by atoms with Crippen LogP contribution in [0.5, 0.6) is 0 Å². The van der Waals surface area contributed by atoms with Crippen molar-refractivity contribution in [2.24, 2.45) is 4.99 Å². The Bertz CT molecular complexity index is 856. The van der Waals surface area contributed by atoms with E-state index in [4.69, 9.17) is 10.2 Å². The van der Waals surface area contributed by atoms with Gasteiger partial charge in [-0.25, -0.2) is 14.6 Å². The number of carboxylic acids is 2. The summed E-state index contributed by atoms with van der Waals surface area (Å²) in [7, 11) is 0. The first-order chi connectivity index (χ1) is 11.0. The molecular weight excluding hydrogens is 316 g/mol. The second-order valence-corrected chi connectivity index (χ2v) is 4.42. The van der Waals surface area contributed by atoms with Crippen LogP contribution in [-0.4, -0.2) is 32.3 Å². The SMILES string of the molecule is O=C(O)c1cc(C#Cc2ccc(N=C=S)cc2)cc(C(=O)O)n1. The number of isothiocyanates is 1. The maximum absolute atomic E-state index is 11.0. The van der Waals surface area contributed by atoms with E-state index in [2.05, 4.69) is 39.2 Å². The van der Waals surface area contributed by atoms with Crippen LogP contribution in [0.15, 0.2) is 41.4 Å². The van der Waals surface area contributed by atoms with E-state index in [0.29, 0.717) is 11.3 Å². The first kappa shape index (κ1) is 16.0. The van der Waals surface area contributed by atoms with Crippen molar-refractivity contribution in [1.82, 2.24) is 4.98 Å². The summed E-state index contributed by atoms with van der Waals surface area (Å²) in [6, 6.07) is 9.23. The van der Waals surface area contributed by atoms with Gasteiger partial charge in [-0.05, 0) is 48.6 Å². The number of rotatable bonds is 3. The monoisotopic (exact) mass is 324 g/mol. The van der Waals surface area contributed by atoms with Gasteiger partial charge in [-0.1, -0.05) is 11.8 Å². The predicted molar refractivity (Wildman–Crippen MR) is 85.3 cm³/mol. The summed E-state index contributed by atoms with van der Waals surface area (Å²) in [4.78, 5) is 29.3. The molecule has 0 aliphatic heterocycles. The third kappa shape index (κ3) is 4.32. The first-order valence-electron chi connectivity index (χ1n) is 6.18. The molecule has 1 aromatic heterocycles. The zero-order chi connectivity index (χ0) is 16.8. The lowest BCUT2D eigenvalue weighted by atomic mass is 10.1. The summed E-state index contributed by atoms with van der Waals surface area (Å²) in [5.41, 5.74) is 0.783. The van der Waals surface area contributed by atoms with Gasteiger partial charge in [-0.15, -0.1) is 0 Å². The van der Waals surface area contributed by atoms with Crippen LogP contribution in [0, 0.1) is 11.8 Å². The molecule has 2 rings (SSSR count). The second kappa shape index (κ2) is 7.09. The van der Waals surface area contributed by atoms with E-state index in [0.717, 1.165) is 0 Å². The summed E-state index contributed by atoms with van der Waals surface area (Å²) in [5, 5.41) is 20.2. The van der Waals surface area contributed by atoms with Gasteiger partial charge in [0.05, 0.1) is 10.8 Å². The molecule has 0 spiro atoms. The highest BCUT2D eigenvalue weighted by Crippen LogP contribution is 2.12. The van der Waals surface area contributed by atoms with Crippen LogP contribution in [-0.2, 0) is 0 Å². The zero-order valence-corrected chi connectivity index (χ0v) is 12.3. The third-order valence-electron chi connectivity index (χ3n) is 2.66. The maximum atomic E-state index is 11.0. The molecule has 1 heterocycles. The molecule has 112 valence electrons. The summed E-state index contributed by atoms with van der Waals surface area (Å²) in [5.74, 6) is 2.89. The Kier molecular flexibility index (Phi) is 4.95. The van der Waals surface area contributed by atoms with E-state index in [1.54, 1.807) is 24.3 Å². The van der Waals surface area contributed by atoms with Gasteiger partial charge in [0.1, 0.15) is 11.4 Å². The minimum Gasteiger partial charge on any atom is -0.477 e. The largest absolute Gasteiger partial charge is 0.477 e. The minimum absolute atomic E-state index is 0.246. The number of carbonyl (C=O) groups is 2. The molecule has 0 aliphatic rings. The summed E-state index contributed by atoms with van der Waals surface area (Å²) in [6.45, 7) is 0. The first-order valence-corrected chi connectivity index (χ1v) is 6.59. The number of hydrogen-bond acceptors (Lipinski definition) is 5. The molecule has 0 saturated carbocycles. The van der Waals surface area contributed by atoms with Gasteiger partial charge in [0.2, 0.25) is 0 Å². The molecule has 2 N–H and O–H groups in total. The standard InChI is InChI=1S/C16H8N2O4S/c19-15(20)13-7-11(8-14(18-13)16(21)22)2-1-10-3-5-12(6-4-10)17-9-23/h3-8H,(H,19,20)(H,21,22). The fraction of sp³-hybridized carbons (Fsp3) is 0. The molecular formula is C16H8N2O4S. The van der Waals surface area contributed by atoms with Gasteiger partial charge in [0.15, 0.2) is 0 Å². The lowest BCUT2D eigenvalue weighted by Crippen LogP contribution is -2.08. The van der Waals surface area contributed by atoms with Crippen molar-refractivity contribution in [1.29, 1.82) is 0 Å². The normalized spacial score (nSPS) is 9.22. The molecule has 0 atom stereocenters. The Morgan fingerprint density at radius 2 is 1.48 bits per heavy atom. The van der Waals surface area contributed by atoms with Crippen LogP contribution in [0.1, 0.15) is 32.1 Å². The number of aliphatic imine (C=N–C) groups is 1. The van der Waals surface area contributed by atoms with Gasteiger partial charge in [-0.2, -0.15) is 4.99 Å². The van der Waals surface area contributed by atoms with E-state index in [-0.39, 0.29) is 17.0 Å². The van der Waals surface area contributed by atoms with E-state index in [1.807, 2.05) is 0 Å². The number of hydrogen-bond donors (Lipinski definition) is 2. The third-order valence-corrected chi connectivity index (χ3v) is 2.75. The zero-order valence-electron chi connectivity index (χ0n) is 11.5. The van der Waals surface area contributed by atoms with Crippen LogP contribution in [0.25, 0.3) is 0 Å². The molecule has 0 saturated heterocycles. The Balaban J connectivity index is 2.38. The van der Waals surface area contributed by atoms with Crippen LogP contribution in [0.2, 0.25) is 0 Å². The fourth-order valence-corrected chi connectivity index (χ4v) is 1.74. The number of benzene rings is 1. The Hall–Kier alpha value is -3.33. The molecule has 0 aliphatic carbocycles. The van der Waals surface area contributed by atoms with E-state index in [1.165, 1.54) is 12.1 Å². The summed E-state index contributed by atoms with van der Waals surface area (Å²) >= 11 is 4.50. The van der Waals surface area contributed by atoms with E-state index in [9.17, 15) is 9.59 Å². The van der Waals surface area contributed by atoms with Crippen molar-refractivity contribution in [2.45, 2.75) is 0 Å². The van der Waals surface area contributed by atoms with Crippen molar-refractivity contribution in [2.75, 3.05) is 0 Å². The quantitative estimate of drug-likeness (QED) is 0.511. The number of carboxylic acid groups (broad SMARTS) is 2. The molecule has 2 aromatic rings. The molecule has 23 heavy (non-hydrogen) atoms. The fourth-order valence-electron chi connectivity index (χ4n) is 1.64. The van der Waals surface area contributed by atoms with Crippen molar-refractivity contribution in [3.63, 3.8) is 0 Å². The minimum atomic E-state index is -1.32. The van der Waals surface area contributed by atoms with Crippen molar-refractivity contribution < 1.29 is 19.8 Å². The molecule has 7 heteroatoms. The smallest absolute Gasteiger partial charge is 0.354 e. The number of aromatic nitrogens is 1. The number of aromatic carboxylic acids is 2. The van der Waals surface area contributed by atoms with Gasteiger partial charge < -0.3 is 10.2 Å². The average Bonchev–Trinajstić information content (AvgIpc) is 2.54. The highest BCUT2D eigenvalue weighted by atomic mass is 32.1. The van der Waals surface area contributed by atoms with Crippen LogP contribution in [0.3, 0.4) is 0 Å². The molecule has 0 amide bonds. The predicted octanol–water partition coefficient (Wildman–Crippen LogP) is 2.61. The van der Waals surface area contributed by atoms with Crippen LogP contribution in [0.4, 0.5) is 5.69 Å². The Morgan fingerprint density at radius 1 is 0.957 bits per heavy atom. The second-order valence-electron chi connectivity index (χ2n) is 4.24. The lowest BCUT2D eigenvalue weighted by Gasteiger charge is -1.99. The van der Waals surface area contributed by atoms with Crippen molar-refractivity contribution >= 4 is 35.0 Å². The molecule has 0 radical (unpaired) electrons. The van der Waals surface area contributed by atoms with Crippen LogP contribution >= 0.6 is 12.2 Å². The van der Waals surface area contributed by atoms with E-state index < -0.39 is 11.9 Å². The van der Waals surface area contributed by atoms with Gasteiger partial charge in [0.25, 0.3) is 0 Å². The van der Waals surface area contributed by atoms with E-state index >= 15 is 0 Å². The maximum Gasteiger partial charge on any atom is 0.354 e. The Morgan fingerprint density at radius 3 is 1.96 bits per heavy atom. The summed E-state index contributed by atoms with van der Waals surface area (Å²) < 4.78 is 0. The molecule has 0 fully saturated rings. The van der Waals surface area contributed by atoms with Crippen molar-refractivity contribution in [3.8, 4) is 11.8 Å². The summed E-state index contributed by atoms with van der Waals surface area (Å²) in [6.07, 6.45) is 0. The highest BCUT2D eigenvalue weighted by Gasteiger charge is 2.12. The molecule has 6 nitrogen and oxygen atoms in total. The van der Waals surface area contributed by atoms with Gasteiger partial charge >= 0.3 is 11.9 Å². The van der Waals surface area contributed by atoms with Crippen molar-refractivity contribution in [3.05, 3.63) is 58.9 Å². The highest BCUT2D eigenvalue weighted by molar-refractivity contribution is 7.78. The van der Waals surface area contributed by atoms with Crippen LogP contribution < -0.4 is 0 Å². The topological polar surface area (TPSA) is 99.8 Å². The molecule has 0 unspecified atom stereocenters. The average molecular weight is 324 g/mol. The molecule has 0 bridgehead atoms.